The van der Waals surface area contributed by atoms with Gasteiger partial charge in [-0.1, -0.05) is 0 Å². The Hall–Kier alpha value is -2.70. The molecular formula is C20H23N3O4. The Bertz CT molecular complexity index is 916. The van der Waals surface area contributed by atoms with E-state index in [9.17, 15) is 4.79 Å². The molecule has 1 atom stereocenters. The van der Waals surface area contributed by atoms with Crippen molar-refractivity contribution in [3.63, 3.8) is 0 Å². The van der Waals surface area contributed by atoms with Gasteiger partial charge < -0.3 is 19.5 Å². The molecule has 2 aliphatic heterocycles. The average molecular weight is 369 g/mol. The third-order valence-electron chi connectivity index (χ3n) is 5.55. The number of nitrogens with zero attached hydrogens (tertiary/aromatic N) is 2. The first kappa shape index (κ1) is 16.5. The number of hydrogen-bond acceptors (Lipinski definition) is 5. The fourth-order valence-electron chi connectivity index (χ4n) is 4.10. The Kier molecular flexibility index (Phi) is 3.77. The van der Waals surface area contributed by atoms with Crippen molar-refractivity contribution in [1.29, 1.82) is 0 Å². The highest BCUT2D eigenvalue weighted by Gasteiger charge is 2.39. The van der Waals surface area contributed by atoms with E-state index < -0.39 is 0 Å². The lowest BCUT2D eigenvalue weighted by Gasteiger charge is -2.26. The summed E-state index contributed by atoms with van der Waals surface area (Å²) >= 11 is 0. The molecular weight excluding hydrogens is 346 g/mol. The number of ether oxygens (including phenoxy) is 3. The number of rotatable bonds is 3. The molecule has 1 N–H and O–H groups in total. The summed E-state index contributed by atoms with van der Waals surface area (Å²) in [7, 11) is 3.54. The summed E-state index contributed by atoms with van der Waals surface area (Å²) in [6.45, 7) is 1.25. The van der Waals surface area contributed by atoms with Crippen LogP contribution in [0.3, 0.4) is 0 Å². The predicted octanol–water partition coefficient (Wildman–Crippen LogP) is 2.94. The van der Waals surface area contributed by atoms with E-state index in [1.807, 2.05) is 19.2 Å². The molecule has 0 spiro atoms. The van der Waals surface area contributed by atoms with Gasteiger partial charge in [-0.05, 0) is 18.9 Å². The van der Waals surface area contributed by atoms with Crippen molar-refractivity contribution < 1.29 is 19.0 Å². The van der Waals surface area contributed by atoms with E-state index in [0.717, 1.165) is 47.7 Å². The summed E-state index contributed by atoms with van der Waals surface area (Å²) in [5.74, 6) is 3.30. The van der Waals surface area contributed by atoms with Crippen molar-refractivity contribution in [3.8, 4) is 17.2 Å². The first-order valence-electron chi connectivity index (χ1n) is 9.50. The Morgan fingerprint density at radius 1 is 1.22 bits per heavy atom. The molecule has 3 heterocycles. The van der Waals surface area contributed by atoms with Crippen molar-refractivity contribution in [2.75, 3.05) is 25.6 Å². The van der Waals surface area contributed by atoms with Crippen LogP contribution in [0.1, 0.15) is 54.3 Å². The van der Waals surface area contributed by atoms with Gasteiger partial charge in [-0.25, -0.2) is 0 Å². The molecule has 7 heteroatoms. The molecule has 0 bridgehead atoms. The molecule has 0 radical (unpaired) electrons. The Balaban J connectivity index is 1.67. The number of fused-ring (bicyclic) bond motifs is 2. The molecule has 1 saturated carbocycles. The number of hydrogen-bond donors (Lipinski definition) is 1. The number of aromatic nitrogens is 2. The van der Waals surface area contributed by atoms with E-state index in [1.165, 1.54) is 0 Å². The monoisotopic (exact) mass is 369 g/mol. The number of amides is 1. The number of benzene rings is 1. The topological polar surface area (TPSA) is 74.6 Å². The highest BCUT2D eigenvalue weighted by molar-refractivity contribution is 5.95. The van der Waals surface area contributed by atoms with E-state index >= 15 is 0 Å². The van der Waals surface area contributed by atoms with Crippen molar-refractivity contribution in [2.45, 2.75) is 37.5 Å². The standard InChI is InChI=1S/C20H23N3O4/c1-23-20-18(19(22-23)11-4-5-11)13(9-17(24)21-20)12-8-15-16(10-14(12)25-2)27-7-3-6-26-15/h8,10-11,13H,3-7,9H2,1-2H3,(H,21,24)/t13-/m0/s1. The van der Waals surface area contributed by atoms with Crippen LogP contribution in [0.25, 0.3) is 0 Å². The van der Waals surface area contributed by atoms with Crippen LogP contribution >= 0.6 is 0 Å². The zero-order valence-corrected chi connectivity index (χ0v) is 15.6. The minimum absolute atomic E-state index is 0.00740. The molecule has 1 amide bonds. The molecule has 7 nitrogen and oxygen atoms in total. The molecule has 5 rings (SSSR count). The van der Waals surface area contributed by atoms with Gasteiger partial charge in [-0.2, -0.15) is 5.10 Å². The summed E-state index contributed by atoms with van der Waals surface area (Å²) in [5, 5.41) is 7.73. The van der Waals surface area contributed by atoms with Gasteiger partial charge >= 0.3 is 0 Å². The number of methoxy groups -OCH3 is 1. The second-order valence-electron chi connectivity index (χ2n) is 7.44. The number of carbonyl (C=O) groups is 1. The van der Waals surface area contributed by atoms with Crippen molar-refractivity contribution in [3.05, 3.63) is 29.0 Å². The molecule has 27 heavy (non-hydrogen) atoms. The molecule has 0 unspecified atom stereocenters. The Morgan fingerprint density at radius 2 is 1.96 bits per heavy atom. The van der Waals surface area contributed by atoms with Crippen LogP contribution in [0.4, 0.5) is 5.82 Å². The van der Waals surface area contributed by atoms with Crippen molar-refractivity contribution >= 4 is 11.7 Å². The summed E-state index contributed by atoms with van der Waals surface area (Å²) in [6, 6.07) is 3.87. The lowest BCUT2D eigenvalue weighted by atomic mass is 9.84. The van der Waals surface area contributed by atoms with Crippen LogP contribution < -0.4 is 19.5 Å². The van der Waals surface area contributed by atoms with Crippen LogP contribution in [0.2, 0.25) is 0 Å². The van der Waals surface area contributed by atoms with Crippen molar-refractivity contribution in [2.24, 2.45) is 7.05 Å². The van der Waals surface area contributed by atoms with E-state index in [-0.39, 0.29) is 11.8 Å². The third-order valence-corrected chi connectivity index (χ3v) is 5.55. The van der Waals surface area contributed by atoms with Gasteiger partial charge in [0.2, 0.25) is 5.91 Å². The Labute approximate surface area is 157 Å². The fourth-order valence-corrected chi connectivity index (χ4v) is 4.10. The summed E-state index contributed by atoms with van der Waals surface area (Å²) in [6.07, 6.45) is 3.52. The SMILES string of the molecule is COc1cc2c(cc1[C@@H]1CC(=O)Nc3c1c(C1CC1)nn3C)OCCCO2. The minimum atomic E-state index is -0.106. The second-order valence-corrected chi connectivity index (χ2v) is 7.44. The van der Waals surface area contributed by atoms with Crippen LogP contribution in [0.5, 0.6) is 17.2 Å². The van der Waals surface area contributed by atoms with Gasteiger partial charge in [0.25, 0.3) is 0 Å². The van der Waals surface area contributed by atoms with Crippen molar-refractivity contribution in [1.82, 2.24) is 9.78 Å². The van der Waals surface area contributed by atoms with Gasteiger partial charge in [0, 0.05) is 48.9 Å². The maximum atomic E-state index is 12.5. The number of carbonyl (C=O) groups excluding carboxylic acids is 1. The van der Waals surface area contributed by atoms with E-state index in [4.69, 9.17) is 19.3 Å². The fraction of sp³-hybridized carbons (Fsp3) is 0.500. The van der Waals surface area contributed by atoms with E-state index in [2.05, 4.69) is 5.32 Å². The van der Waals surface area contributed by atoms with Crippen LogP contribution in [-0.4, -0.2) is 36.0 Å². The van der Waals surface area contributed by atoms with Crippen LogP contribution in [0, 0.1) is 0 Å². The highest BCUT2D eigenvalue weighted by Crippen LogP contribution is 2.51. The first-order chi connectivity index (χ1) is 13.2. The Morgan fingerprint density at radius 3 is 2.67 bits per heavy atom. The minimum Gasteiger partial charge on any atom is -0.496 e. The molecule has 2 aromatic rings. The van der Waals surface area contributed by atoms with Crippen LogP contribution in [0.15, 0.2) is 12.1 Å². The molecule has 142 valence electrons. The van der Waals surface area contributed by atoms with Gasteiger partial charge in [0.05, 0.1) is 26.0 Å². The van der Waals surface area contributed by atoms with E-state index in [1.54, 1.807) is 11.8 Å². The van der Waals surface area contributed by atoms with Crippen LogP contribution in [-0.2, 0) is 11.8 Å². The highest BCUT2D eigenvalue weighted by atomic mass is 16.5. The zero-order valence-electron chi connectivity index (χ0n) is 15.6. The molecule has 0 saturated heterocycles. The molecule has 1 fully saturated rings. The molecule has 1 aromatic heterocycles. The number of anilines is 1. The summed E-state index contributed by atoms with van der Waals surface area (Å²) in [5.41, 5.74) is 3.17. The van der Waals surface area contributed by atoms with Gasteiger partial charge in [-0.15, -0.1) is 0 Å². The predicted molar refractivity (Wildman–Crippen MR) is 98.9 cm³/mol. The summed E-state index contributed by atoms with van der Waals surface area (Å²) in [4.78, 5) is 12.5. The average Bonchev–Trinajstić information content (AvgIpc) is 3.48. The van der Waals surface area contributed by atoms with Gasteiger partial charge in [-0.3, -0.25) is 9.48 Å². The molecule has 1 aromatic carbocycles. The smallest absolute Gasteiger partial charge is 0.226 e. The quantitative estimate of drug-likeness (QED) is 0.900. The lowest BCUT2D eigenvalue weighted by Crippen LogP contribution is -2.25. The second kappa shape index (κ2) is 6.18. The third kappa shape index (κ3) is 2.72. The summed E-state index contributed by atoms with van der Waals surface area (Å²) < 4.78 is 19.2. The largest absolute Gasteiger partial charge is 0.496 e. The molecule has 3 aliphatic rings. The van der Waals surface area contributed by atoms with Gasteiger partial charge in [0.1, 0.15) is 11.6 Å². The zero-order chi connectivity index (χ0) is 18.5. The van der Waals surface area contributed by atoms with Gasteiger partial charge in [0.15, 0.2) is 11.5 Å². The first-order valence-corrected chi connectivity index (χ1v) is 9.50. The van der Waals surface area contributed by atoms with E-state index in [0.29, 0.717) is 37.1 Å². The maximum absolute atomic E-state index is 12.5. The normalized spacial score (nSPS) is 21.3. The maximum Gasteiger partial charge on any atom is 0.226 e. The number of nitrogens with one attached hydrogen (secondary N) is 1. The molecule has 1 aliphatic carbocycles. The lowest BCUT2D eigenvalue weighted by molar-refractivity contribution is -0.116. The number of aryl methyl sites for hydroxylation is 1.